The van der Waals surface area contributed by atoms with Gasteiger partial charge in [0.05, 0.1) is 30.3 Å². The number of ether oxygens (including phenoxy) is 2. The van der Waals surface area contributed by atoms with Gasteiger partial charge in [-0.05, 0) is 61.0 Å². The van der Waals surface area contributed by atoms with Gasteiger partial charge in [0.1, 0.15) is 12.4 Å². The van der Waals surface area contributed by atoms with Gasteiger partial charge in [-0.15, -0.1) is 0 Å². The smallest absolute Gasteiger partial charge is 0.293 e. The Kier molecular flexibility index (Phi) is 6.13. The van der Waals surface area contributed by atoms with Crippen LogP contribution < -0.4 is 21.3 Å². The second-order valence-corrected chi connectivity index (χ2v) is 8.39. The maximum Gasteiger partial charge on any atom is 0.293 e. The van der Waals surface area contributed by atoms with E-state index in [1.165, 1.54) is 23.1 Å². The molecule has 3 aromatic rings. The second-order valence-electron chi connectivity index (χ2n) is 8.39. The molecule has 5 rings (SSSR count). The molecule has 36 heavy (non-hydrogen) atoms. The summed E-state index contributed by atoms with van der Waals surface area (Å²) in [5.41, 5.74) is 8.21. The van der Waals surface area contributed by atoms with Gasteiger partial charge in [0.15, 0.2) is 0 Å². The first-order valence-corrected chi connectivity index (χ1v) is 11.3. The van der Waals surface area contributed by atoms with Crippen molar-refractivity contribution in [2.45, 2.75) is 12.2 Å². The largest absolute Gasteiger partial charge is 0.397 e. The molecule has 1 saturated heterocycles. The zero-order valence-corrected chi connectivity index (χ0v) is 19.1. The van der Waals surface area contributed by atoms with E-state index in [0.717, 1.165) is 0 Å². The minimum Gasteiger partial charge on any atom is -0.397 e. The molecular formula is C26H23FN4O5. The summed E-state index contributed by atoms with van der Waals surface area (Å²) in [6.45, 7) is 0.221. The number of nitrogens with two attached hydrogens (primary N) is 1. The van der Waals surface area contributed by atoms with Gasteiger partial charge in [-0.3, -0.25) is 19.3 Å². The minimum atomic E-state index is -1.74. The first-order chi connectivity index (χ1) is 17.4. The Hall–Kier alpha value is -4.28. The summed E-state index contributed by atoms with van der Waals surface area (Å²) < 4.78 is 25.3. The van der Waals surface area contributed by atoms with Crippen LogP contribution in [0.5, 0.6) is 0 Å². The molecule has 2 heterocycles. The molecule has 184 valence electrons. The van der Waals surface area contributed by atoms with Gasteiger partial charge in [-0.2, -0.15) is 0 Å². The Morgan fingerprint density at radius 3 is 2.44 bits per heavy atom. The monoisotopic (exact) mass is 490 g/mol. The average molecular weight is 490 g/mol. The molecule has 4 N–H and O–H groups in total. The van der Waals surface area contributed by atoms with Crippen molar-refractivity contribution in [2.75, 3.05) is 41.0 Å². The molecule has 2 aliphatic rings. The van der Waals surface area contributed by atoms with Crippen LogP contribution in [0.15, 0.2) is 66.7 Å². The van der Waals surface area contributed by atoms with E-state index in [0.29, 0.717) is 34.7 Å². The van der Waals surface area contributed by atoms with Gasteiger partial charge in [0.25, 0.3) is 17.6 Å². The Bertz CT molecular complexity index is 1340. The summed E-state index contributed by atoms with van der Waals surface area (Å²) in [7, 11) is 0. The molecule has 1 spiro atoms. The van der Waals surface area contributed by atoms with Crippen LogP contribution in [0.25, 0.3) is 0 Å². The van der Waals surface area contributed by atoms with Gasteiger partial charge in [-0.1, -0.05) is 12.1 Å². The molecule has 9 nitrogen and oxygen atoms in total. The van der Waals surface area contributed by atoms with Crippen molar-refractivity contribution >= 4 is 40.5 Å². The quantitative estimate of drug-likeness (QED) is 0.472. The number of fused-ring (bicyclic) bond motifs is 2. The van der Waals surface area contributed by atoms with Crippen molar-refractivity contribution in [3.8, 4) is 0 Å². The maximum atomic E-state index is 14.0. The van der Waals surface area contributed by atoms with Gasteiger partial charge in [-0.25, -0.2) is 4.39 Å². The number of carbonyl (C=O) groups is 3. The topological polar surface area (TPSA) is 123 Å². The lowest BCUT2D eigenvalue weighted by molar-refractivity contribution is -0.256. The third-order valence-electron chi connectivity index (χ3n) is 5.97. The lowest BCUT2D eigenvalue weighted by Gasteiger charge is -2.32. The van der Waals surface area contributed by atoms with Crippen LogP contribution in [-0.2, 0) is 24.8 Å². The van der Waals surface area contributed by atoms with Crippen molar-refractivity contribution < 1.29 is 28.2 Å². The number of amides is 3. The van der Waals surface area contributed by atoms with Crippen molar-refractivity contribution in [2.24, 2.45) is 0 Å². The van der Waals surface area contributed by atoms with E-state index >= 15 is 0 Å². The second kappa shape index (κ2) is 9.40. The van der Waals surface area contributed by atoms with Crippen molar-refractivity contribution in [3.05, 3.63) is 83.7 Å². The highest BCUT2D eigenvalue weighted by Crippen LogP contribution is 2.45. The van der Waals surface area contributed by atoms with E-state index in [-0.39, 0.29) is 31.2 Å². The number of nitrogens with one attached hydrogen (secondary N) is 2. The predicted octanol–water partition coefficient (Wildman–Crippen LogP) is 3.24. The van der Waals surface area contributed by atoms with Gasteiger partial charge in [0.2, 0.25) is 5.91 Å². The molecule has 2 aliphatic heterocycles. The summed E-state index contributed by atoms with van der Waals surface area (Å²) >= 11 is 0. The normalized spacial score (nSPS) is 16.0. The third-order valence-corrected chi connectivity index (χ3v) is 5.97. The summed E-state index contributed by atoms with van der Waals surface area (Å²) in [5, 5.41) is 5.44. The first-order valence-electron chi connectivity index (χ1n) is 11.3. The van der Waals surface area contributed by atoms with Crippen molar-refractivity contribution in [3.63, 3.8) is 0 Å². The van der Waals surface area contributed by atoms with E-state index in [4.69, 9.17) is 15.2 Å². The molecule has 0 unspecified atom stereocenters. The van der Waals surface area contributed by atoms with E-state index in [1.54, 1.807) is 48.5 Å². The highest BCUT2D eigenvalue weighted by atomic mass is 19.1. The van der Waals surface area contributed by atoms with Crippen molar-refractivity contribution in [1.29, 1.82) is 0 Å². The Morgan fingerprint density at radius 2 is 1.72 bits per heavy atom. The van der Waals surface area contributed by atoms with Gasteiger partial charge in [0, 0.05) is 16.8 Å². The van der Waals surface area contributed by atoms with Gasteiger partial charge < -0.3 is 25.8 Å². The number of benzene rings is 3. The lowest BCUT2D eigenvalue weighted by atomic mass is 10.1. The van der Waals surface area contributed by atoms with Crippen LogP contribution in [-0.4, -0.2) is 37.5 Å². The standard InChI is InChI=1S/C26H23FN4O5/c27-17-8-11-22-19(14-17)26(35-12-3-13-36-26)25(34)31(22)15-23(32)29-18-9-6-16(7-10-18)24(33)30-21-5-2-1-4-20(21)28/h1-2,4-11,14H,3,12-13,15,28H2,(H,29,32)(H,30,33). The highest BCUT2D eigenvalue weighted by molar-refractivity contribution is 6.10. The van der Waals surface area contributed by atoms with E-state index in [2.05, 4.69) is 10.6 Å². The SMILES string of the molecule is Nc1ccccc1NC(=O)c1ccc(NC(=O)CN2C(=O)C3(OCCCO3)c3cc(F)ccc32)cc1. The number of anilines is 4. The average Bonchev–Trinajstić information content (AvgIpc) is 3.08. The van der Waals surface area contributed by atoms with Crippen LogP contribution in [0.1, 0.15) is 22.3 Å². The number of carbonyl (C=O) groups excluding carboxylic acids is 3. The fourth-order valence-corrected chi connectivity index (χ4v) is 4.23. The molecule has 10 heteroatoms. The molecular weight excluding hydrogens is 467 g/mol. The molecule has 3 amide bonds. The fourth-order valence-electron chi connectivity index (χ4n) is 4.23. The Labute approximate surface area is 206 Å². The number of hydrogen-bond donors (Lipinski definition) is 3. The summed E-state index contributed by atoms with van der Waals surface area (Å²) in [6, 6.07) is 17.0. The zero-order valence-electron chi connectivity index (χ0n) is 19.1. The zero-order chi connectivity index (χ0) is 25.3. The van der Waals surface area contributed by atoms with Crippen LogP contribution >= 0.6 is 0 Å². The molecule has 0 aliphatic carbocycles. The third kappa shape index (κ3) is 4.28. The first kappa shape index (κ1) is 23.5. The molecule has 1 fully saturated rings. The van der Waals surface area contributed by atoms with Crippen LogP contribution in [0.4, 0.5) is 27.1 Å². The van der Waals surface area contributed by atoms with Gasteiger partial charge >= 0.3 is 0 Å². The number of nitrogen functional groups attached to an aromatic ring is 1. The number of nitrogens with zero attached hydrogens (tertiary/aromatic N) is 1. The van der Waals surface area contributed by atoms with E-state index in [9.17, 15) is 18.8 Å². The summed E-state index contributed by atoms with van der Waals surface area (Å²) in [4.78, 5) is 39.8. The maximum absolute atomic E-state index is 14.0. The van der Waals surface area contributed by atoms with E-state index < -0.39 is 23.4 Å². The molecule has 3 aromatic carbocycles. The van der Waals surface area contributed by atoms with Crippen LogP contribution in [0.3, 0.4) is 0 Å². The van der Waals surface area contributed by atoms with Crippen LogP contribution in [0, 0.1) is 5.82 Å². The molecule has 0 saturated carbocycles. The molecule has 0 radical (unpaired) electrons. The minimum absolute atomic E-state index is 0.245. The fraction of sp³-hybridized carbons (Fsp3) is 0.192. The summed E-state index contributed by atoms with van der Waals surface area (Å²) in [6.07, 6.45) is 0.604. The Balaban J connectivity index is 1.27. The molecule has 0 bridgehead atoms. The van der Waals surface area contributed by atoms with E-state index in [1.807, 2.05) is 0 Å². The number of para-hydroxylation sites is 2. The van der Waals surface area contributed by atoms with Crippen molar-refractivity contribution in [1.82, 2.24) is 0 Å². The molecule has 0 aromatic heterocycles. The highest BCUT2D eigenvalue weighted by Gasteiger charge is 2.55. The Morgan fingerprint density at radius 1 is 1.00 bits per heavy atom. The number of hydrogen-bond acceptors (Lipinski definition) is 6. The number of rotatable bonds is 5. The molecule has 0 atom stereocenters. The predicted molar refractivity (Wildman–Crippen MR) is 131 cm³/mol. The number of halogens is 1. The lowest BCUT2D eigenvalue weighted by Crippen LogP contribution is -2.48. The van der Waals surface area contributed by atoms with Crippen LogP contribution in [0.2, 0.25) is 0 Å². The summed E-state index contributed by atoms with van der Waals surface area (Å²) in [5.74, 6) is -3.70.